The number of H-pyrrole nitrogens is 1. The number of carbonyl (C=O) groups is 2. The van der Waals surface area contributed by atoms with Gasteiger partial charge >= 0.3 is 0 Å². The van der Waals surface area contributed by atoms with E-state index < -0.39 is 10.0 Å². The Morgan fingerprint density at radius 3 is 2.60 bits per heavy atom. The molecule has 1 saturated heterocycles. The van der Waals surface area contributed by atoms with Gasteiger partial charge in [-0.15, -0.1) is 0 Å². The highest BCUT2D eigenvalue weighted by atomic mass is 32.2. The van der Waals surface area contributed by atoms with Gasteiger partial charge in [0.05, 0.1) is 28.5 Å². The number of fused-ring (bicyclic) bond motifs is 1. The maximum Gasteiger partial charge on any atom is 0.251 e. The number of nitrogens with zero attached hydrogens (tertiary/aromatic N) is 2. The molecule has 0 bridgehead atoms. The van der Waals surface area contributed by atoms with E-state index in [0.717, 1.165) is 15.3 Å². The van der Waals surface area contributed by atoms with E-state index in [1.54, 1.807) is 0 Å². The van der Waals surface area contributed by atoms with Crippen molar-refractivity contribution < 1.29 is 18.0 Å². The second kappa shape index (κ2) is 7.88. The number of imidazole rings is 1. The molecule has 1 aliphatic rings. The number of para-hydroxylation sites is 2. The molecule has 1 unspecified atom stereocenters. The number of sulfonamides is 1. The van der Waals surface area contributed by atoms with E-state index in [9.17, 15) is 18.0 Å². The van der Waals surface area contributed by atoms with Gasteiger partial charge in [-0.05, 0) is 43.3 Å². The first-order chi connectivity index (χ1) is 14.3. The Hall–Kier alpha value is -3.24. The predicted molar refractivity (Wildman–Crippen MR) is 110 cm³/mol. The first-order valence-electron chi connectivity index (χ1n) is 9.47. The first-order valence-corrected chi connectivity index (χ1v) is 10.9. The molecule has 30 heavy (non-hydrogen) atoms. The average molecular weight is 427 g/mol. The van der Waals surface area contributed by atoms with E-state index in [-0.39, 0.29) is 42.4 Å². The van der Waals surface area contributed by atoms with Crippen molar-refractivity contribution in [2.45, 2.75) is 17.9 Å². The summed E-state index contributed by atoms with van der Waals surface area (Å²) in [5, 5.41) is 5.45. The zero-order chi connectivity index (χ0) is 21.3. The Labute approximate surface area is 173 Å². The van der Waals surface area contributed by atoms with Gasteiger partial charge in [0.2, 0.25) is 15.9 Å². The van der Waals surface area contributed by atoms with Crippen LogP contribution in [0.25, 0.3) is 11.0 Å². The standard InChI is InChI=1S/C20H21N5O4S/c1-13(19-23-16-4-2-3-5-17(16)24-19)22-20(27)14-6-8-15(9-7-14)30(28,29)25-11-10-21-18(26)12-25/h2-9,13H,10-12H2,1H3,(H,21,26)(H,22,27)(H,23,24). The number of hydrogen-bond acceptors (Lipinski definition) is 5. The van der Waals surface area contributed by atoms with Gasteiger partial charge in [-0.1, -0.05) is 12.1 Å². The molecule has 9 nitrogen and oxygen atoms in total. The van der Waals surface area contributed by atoms with Crippen molar-refractivity contribution >= 4 is 32.9 Å². The number of rotatable bonds is 5. The number of hydrogen-bond donors (Lipinski definition) is 3. The van der Waals surface area contributed by atoms with Crippen molar-refractivity contribution in [3.05, 3.63) is 59.9 Å². The maximum atomic E-state index is 12.7. The zero-order valence-corrected chi connectivity index (χ0v) is 17.1. The largest absolute Gasteiger partial charge is 0.354 e. The zero-order valence-electron chi connectivity index (χ0n) is 16.3. The monoisotopic (exact) mass is 427 g/mol. The molecule has 1 fully saturated rings. The number of carbonyl (C=O) groups excluding carboxylic acids is 2. The van der Waals surface area contributed by atoms with Crippen LogP contribution in [0.5, 0.6) is 0 Å². The van der Waals surface area contributed by atoms with Crippen LogP contribution < -0.4 is 10.6 Å². The Bertz CT molecular complexity index is 1170. The number of nitrogens with one attached hydrogen (secondary N) is 3. The van der Waals surface area contributed by atoms with Crippen molar-refractivity contribution in [1.29, 1.82) is 0 Å². The number of benzene rings is 2. The Balaban J connectivity index is 1.46. The summed E-state index contributed by atoms with van der Waals surface area (Å²) in [7, 11) is -3.79. The van der Waals surface area contributed by atoms with Crippen LogP contribution in [0.4, 0.5) is 0 Å². The molecule has 3 N–H and O–H groups in total. The molecule has 0 spiro atoms. The van der Waals surface area contributed by atoms with Crippen molar-refractivity contribution in [1.82, 2.24) is 24.9 Å². The normalized spacial score (nSPS) is 16.2. The Morgan fingerprint density at radius 2 is 1.90 bits per heavy atom. The molecule has 1 atom stereocenters. The van der Waals surface area contributed by atoms with E-state index in [0.29, 0.717) is 11.4 Å². The van der Waals surface area contributed by atoms with E-state index in [1.807, 2.05) is 31.2 Å². The van der Waals surface area contributed by atoms with Gasteiger partial charge in [-0.2, -0.15) is 4.31 Å². The second-order valence-electron chi connectivity index (χ2n) is 7.05. The van der Waals surface area contributed by atoms with Crippen LogP contribution in [0.2, 0.25) is 0 Å². The fourth-order valence-electron chi connectivity index (χ4n) is 3.27. The molecule has 1 aliphatic heterocycles. The minimum absolute atomic E-state index is 0.0408. The smallest absolute Gasteiger partial charge is 0.251 e. The predicted octanol–water partition coefficient (Wildman–Crippen LogP) is 1.17. The molecule has 4 rings (SSSR count). The summed E-state index contributed by atoms with van der Waals surface area (Å²) >= 11 is 0. The fourth-order valence-corrected chi connectivity index (χ4v) is 4.67. The molecule has 2 aromatic carbocycles. The molecular weight excluding hydrogens is 406 g/mol. The Kier molecular flexibility index (Phi) is 5.27. The maximum absolute atomic E-state index is 12.7. The third kappa shape index (κ3) is 3.91. The lowest BCUT2D eigenvalue weighted by Gasteiger charge is -2.25. The van der Waals surface area contributed by atoms with Crippen molar-refractivity contribution in [2.24, 2.45) is 0 Å². The van der Waals surface area contributed by atoms with Gasteiger partial charge < -0.3 is 15.6 Å². The lowest BCUT2D eigenvalue weighted by Crippen LogP contribution is -2.49. The molecule has 0 saturated carbocycles. The summed E-state index contributed by atoms with van der Waals surface area (Å²) in [6.07, 6.45) is 0. The third-order valence-corrected chi connectivity index (χ3v) is 6.78. The number of aromatic nitrogens is 2. The lowest BCUT2D eigenvalue weighted by molar-refractivity contribution is -0.122. The van der Waals surface area contributed by atoms with E-state index in [2.05, 4.69) is 20.6 Å². The summed E-state index contributed by atoms with van der Waals surface area (Å²) in [6, 6.07) is 12.9. The van der Waals surface area contributed by atoms with Crippen LogP contribution >= 0.6 is 0 Å². The van der Waals surface area contributed by atoms with Crippen LogP contribution in [-0.2, 0) is 14.8 Å². The summed E-state index contributed by atoms with van der Waals surface area (Å²) in [5.41, 5.74) is 2.03. The lowest BCUT2D eigenvalue weighted by atomic mass is 10.2. The van der Waals surface area contributed by atoms with E-state index in [4.69, 9.17) is 0 Å². The van der Waals surface area contributed by atoms with Gasteiger partial charge in [0.15, 0.2) is 0 Å². The summed E-state index contributed by atoms with van der Waals surface area (Å²) in [6.45, 7) is 2.10. The number of piperazine rings is 1. The molecule has 0 aliphatic carbocycles. The SMILES string of the molecule is CC(NC(=O)c1ccc(S(=O)(=O)N2CCNC(=O)C2)cc1)c1nc2ccccc2[nH]1. The van der Waals surface area contributed by atoms with Gasteiger partial charge in [-0.25, -0.2) is 13.4 Å². The molecule has 10 heteroatoms. The summed E-state index contributed by atoms with van der Waals surface area (Å²) in [4.78, 5) is 31.8. The Morgan fingerprint density at radius 1 is 1.17 bits per heavy atom. The summed E-state index contributed by atoms with van der Waals surface area (Å²) < 4.78 is 26.5. The highest BCUT2D eigenvalue weighted by molar-refractivity contribution is 7.89. The molecule has 1 aromatic heterocycles. The van der Waals surface area contributed by atoms with Gasteiger partial charge in [-0.3, -0.25) is 9.59 Å². The third-order valence-electron chi connectivity index (χ3n) is 4.92. The second-order valence-corrected chi connectivity index (χ2v) is 8.99. The highest BCUT2D eigenvalue weighted by Crippen LogP contribution is 2.19. The minimum Gasteiger partial charge on any atom is -0.354 e. The van der Waals surface area contributed by atoms with Crippen molar-refractivity contribution in [3.8, 4) is 0 Å². The van der Waals surface area contributed by atoms with E-state index in [1.165, 1.54) is 24.3 Å². The van der Waals surface area contributed by atoms with Gasteiger partial charge in [0.25, 0.3) is 5.91 Å². The molecule has 2 amide bonds. The fraction of sp³-hybridized carbons (Fsp3) is 0.250. The topological polar surface area (TPSA) is 124 Å². The molecule has 2 heterocycles. The minimum atomic E-state index is -3.79. The first kappa shape index (κ1) is 20.0. The molecule has 156 valence electrons. The number of amides is 2. The van der Waals surface area contributed by atoms with Gasteiger partial charge in [0.1, 0.15) is 5.82 Å². The average Bonchev–Trinajstić information content (AvgIpc) is 3.18. The van der Waals surface area contributed by atoms with Crippen LogP contribution in [0.3, 0.4) is 0 Å². The van der Waals surface area contributed by atoms with Crippen LogP contribution in [0.1, 0.15) is 29.1 Å². The van der Waals surface area contributed by atoms with Crippen molar-refractivity contribution in [2.75, 3.05) is 19.6 Å². The molecular formula is C20H21N5O4S. The molecule has 3 aromatic rings. The number of aromatic amines is 1. The summed E-state index contributed by atoms with van der Waals surface area (Å²) in [5.74, 6) is -0.0447. The van der Waals surface area contributed by atoms with Crippen LogP contribution in [0.15, 0.2) is 53.4 Å². The quantitative estimate of drug-likeness (QED) is 0.564. The highest BCUT2D eigenvalue weighted by Gasteiger charge is 2.29. The molecule has 0 radical (unpaired) electrons. The van der Waals surface area contributed by atoms with Crippen LogP contribution in [-0.4, -0.2) is 54.1 Å². The van der Waals surface area contributed by atoms with Gasteiger partial charge in [0, 0.05) is 18.7 Å². The van der Waals surface area contributed by atoms with Crippen molar-refractivity contribution in [3.63, 3.8) is 0 Å². The van der Waals surface area contributed by atoms with Crippen LogP contribution in [0, 0.1) is 0 Å². The van der Waals surface area contributed by atoms with E-state index >= 15 is 0 Å².